The van der Waals surface area contributed by atoms with Gasteiger partial charge >= 0.3 is 17.9 Å². The summed E-state index contributed by atoms with van der Waals surface area (Å²) in [6.07, 6.45) is 71.8. The molecule has 0 aromatic heterocycles. The fourth-order valence-electron chi connectivity index (χ4n) is 8.11. The SMILES string of the molecule is CC/C=C\C/C=C\C/C=C\C/C=C\CCCCC(=O)OC[C@H](COC(=O)CCCCCCCCCCCCCCCCCCCC)OC(=O)CCCCCCCCC/C=C\C/C=C\CCCCC. The van der Waals surface area contributed by atoms with Crippen LogP contribution in [0.3, 0.4) is 0 Å². The quantitative estimate of drug-likeness (QED) is 0.0262. The standard InChI is InChI=1S/C62H108O6/c1-4-7-10-13-16-19-22-25-28-30-32-34-37-40-43-46-49-52-55-61(64)67-58-59(57-66-60(63)54-51-48-45-42-39-36-33-27-24-21-18-15-12-9-6-3)68-62(65)56-53-50-47-44-41-38-35-31-29-26-23-20-17-14-11-8-5-2/h9,12,17-18,20-21,26-27,29,33,39,42,59H,4-8,10-11,13-16,19,22-25,28,30-32,34-38,40-41,43-58H2,1-3H3/b12-9-,20-17-,21-18-,29-26-,33-27-,42-39-/t59-/m1/s1. The van der Waals surface area contributed by atoms with Crippen LogP contribution in [-0.2, 0) is 28.6 Å². The van der Waals surface area contributed by atoms with Crippen LogP contribution in [0.2, 0.25) is 0 Å². The second-order valence-corrected chi connectivity index (χ2v) is 19.2. The van der Waals surface area contributed by atoms with E-state index in [0.717, 1.165) is 96.3 Å². The first-order valence-corrected chi connectivity index (χ1v) is 28.9. The zero-order valence-corrected chi connectivity index (χ0v) is 44.9. The summed E-state index contributed by atoms with van der Waals surface area (Å²) in [5.41, 5.74) is 0. The maximum Gasteiger partial charge on any atom is 0.306 e. The third kappa shape index (κ3) is 53.8. The number of hydrogen-bond acceptors (Lipinski definition) is 6. The Morgan fingerprint density at radius 1 is 0.309 bits per heavy atom. The van der Waals surface area contributed by atoms with Crippen molar-refractivity contribution < 1.29 is 28.6 Å². The summed E-state index contributed by atoms with van der Waals surface area (Å²) in [7, 11) is 0. The van der Waals surface area contributed by atoms with Gasteiger partial charge in [0.15, 0.2) is 6.10 Å². The number of esters is 3. The van der Waals surface area contributed by atoms with Gasteiger partial charge in [0.05, 0.1) is 0 Å². The summed E-state index contributed by atoms with van der Waals surface area (Å²) in [4.78, 5) is 38.2. The molecular weight excluding hydrogens is 841 g/mol. The molecule has 0 heterocycles. The maximum absolute atomic E-state index is 12.9. The summed E-state index contributed by atoms with van der Waals surface area (Å²) in [6, 6.07) is 0. The number of hydrogen-bond donors (Lipinski definition) is 0. The van der Waals surface area contributed by atoms with E-state index >= 15 is 0 Å². The van der Waals surface area contributed by atoms with E-state index in [1.54, 1.807) is 0 Å². The van der Waals surface area contributed by atoms with Gasteiger partial charge in [0.2, 0.25) is 0 Å². The van der Waals surface area contributed by atoms with Crippen molar-refractivity contribution in [1.29, 1.82) is 0 Å². The number of allylic oxidation sites excluding steroid dienone is 12. The van der Waals surface area contributed by atoms with Crippen LogP contribution in [0.1, 0.15) is 284 Å². The average molecular weight is 950 g/mol. The van der Waals surface area contributed by atoms with Crippen molar-refractivity contribution in [2.75, 3.05) is 13.2 Å². The fraction of sp³-hybridized carbons (Fsp3) is 0.758. The topological polar surface area (TPSA) is 78.9 Å². The van der Waals surface area contributed by atoms with Crippen molar-refractivity contribution >= 4 is 17.9 Å². The molecule has 0 saturated carbocycles. The van der Waals surface area contributed by atoms with E-state index in [2.05, 4.69) is 93.7 Å². The largest absolute Gasteiger partial charge is 0.462 e. The number of carbonyl (C=O) groups excluding carboxylic acids is 3. The van der Waals surface area contributed by atoms with Gasteiger partial charge in [0.25, 0.3) is 0 Å². The van der Waals surface area contributed by atoms with Gasteiger partial charge in [0.1, 0.15) is 13.2 Å². The second-order valence-electron chi connectivity index (χ2n) is 19.2. The molecule has 0 rings (SSSR count). The third-order valence-electron chi connectivity index (χ3n) is 12.4. The predicted molar refractivity (Wildman–Crippen MR) is 293 cm³/mol. The molecular formula is C62H108O6. The van der Waals surface area contributed by atoms with Gasteiger partial charge in [0, 0.05) is 19.3 Å². The minimum absolute atomic E-state index is 0.0896. The third-order valence-corrected chi connectivity index (χ3v) is 12.4. The molecule has 0 aromatic carbocycles. The van der Waals surface area contributed by atoms with E-state index in [4.69, 9.17) is 14.2 Å². The first kappa shape index (κ1) is 64.8. The lowest BCUT2D eigenvalue weighted by molar-refractivity contribution is -0.167. The van der Waals surface area contributed by atoms with Crippen molar-refractivity contribution in [1.82, 2.24) is 0 Å². The summed E-state index contributed by atoms with van der Waals surface area (Å²) in [5, 5.41) is 0. The van der Waals surface area contributed by atoms with E-state index in [1.807, 2.05) is 0 Å². The first-order valence-electron chi connectivity index (χ1n) is 28.9. The molecule has 68 heavy (non-hydrogen) atoms. The summed E-state index contributed by atoms with van der Waals surface area (Å²) >= 11 is 0. The molecule has 0 saturated heterocycles. The second kappa shape index (κ2) is 56.4. The van der Waals surface area contributed by atoms with E-state index < -0.39 is 6.10 Å². The first-order chi connectivity index (χ1) is 33.5. The van der Waals surface area contributed by atoms with Crippen LogP contribution in [-0.4, -0.2) is 37.2 Å². The lowest BCUT2D eigenvalue weighted by Crippen LogP contribution is -2.30. The molecule has 0 bridgehead atoms. The summed E-state index contributed by atoms with van der Waals surface area (Å²) in [5.74, 6) is -0.931. The van der Waals surface area contributed by atoms with Crippen LogP contribution in [0.5, 0.6) is 0 Å². The molecule has 0 amide bonds. The highest BCUT2D eigenvalue weighted by molar-refractivity contribution is 5.71. The van der Waals surface area contributed by atoms with Gasteiger partial charge < -0.3 is 14.2 Å². The van der Waals surface area contributed by atoms with Gasteiger partial charge in [-0.25, -0.2) is 0 Å². The number of ether oxygens (including phenoxy) is 3. The van der Waals surface area contributed by atoms with E-state index in [-0.39, 0.29) is 31.1 Å². The smallest absolute Gasteiger partial charge is 0.306 e. The normalized spacial score (nSPS) is 12.6. The zero-order chi connectivity index (χ0) is 49.3. The van der Waals surface area contributed by atoms with Crippen LogP contribution < -0.4 is 0 Å². The Morgan fingerprint density at radius 3 is 0.956 bits per heavy atom. The Bertz CT molecular complexity index is 1270. The molecule has 0 aliphatic carbocycles. The molecule has 6 heteroatoms. The highest BCUT2D eigenvalue weighted by atomic mass is 16.6. The Kier molecular flexibility index (Phi) is 53.8. The zero-order valence-electron chi connectivity index (χ0n) is 44.9. The average Bonchev–Trinajstić information content (AvgIpc) is 3.34. The number of unbranched alkanes of at least 4 members (excludes halogenated alkanes) is 29. The molecule has 1 atom stereocenters. The number of rotatable bonds is 52. The molecule has 0 aliphatic rings. The lowest BCUT2D eigenvalue weighted by atomic mass is 10.0. The highest BCUT2D eigenvalue weighted by Gasteiger charge is 2.19. The van der Waals surface area contributed by atoms with Crippen molar-refractivity contribution in [2.45, 2.75) is 290 Å². The Balaban J connectivity index is 4.42. The molecule has 0 aromatic rings. The molecule has 0 fully saturated rings. The van der Waals surface area contributed by atoms with Crippen LogP contribution in [0, 0.1) is 0 Å². The summed E-state index contributed by atoms with van der Waals surface area (Å²) < 4.78 is 16.8. The molecule has 0 aliphatic heterocycles. The van der Waals surface area contributed by atoms with Crippen molar-refractivity contribution in [3.8, 4) is 0 Å². The maximum atomic E-state index is 12.9. The summed E-state index contributed by atoms with van der Waals surface area (Å²) in [6.45, 7) is 6.49. The minimum atomic E-state index is -0.795. The molecule has 0 unspecified atom stereocenters. The van der Waals surface area contributed by atoms with Gasteiger partial charge in [-0.1, -0.05) is 248 Å². The predicted octanol–water partition coefficient (Wildman–Crippen LogP) is 19.4. The highest BCUT2D eigenvalue weighted by Crippen LogP contribution is 2.16. The molecule has 0 spiro atoms. The number of carbonyl (C=O) groups is 3. The Morgan fingerprint density at radius 2 is 0.574 bits per heavy atom. The van der Waals surface area contributed by atoms with Crippen molar-refractivity contribution in [2.24, 2.45) is 0 Å². The lowest BCUT2D eigenvalue weighted by Gasteiger charge is -2.18. The fourth-order valence-corrected chi connectivity index (χ4v) is 8.11. The van der Waals surface area contributed by atoms with Gasteiger partial charge in [-0.15, -0.1) is 0 Å². The minimum Gasteiger partial charge on any atom is -0.462 e. The van der Waals surface area contributed by atoms with Crippen molar-refractivity contribution in [3.63, 3.8) is 0 Å². The Hall–Kier alpha value is -3.15. The molecule has 6 nitrogen and oxygen atoms in total. The van der Waals surface area contributed by atoms with Gasteiger partial charge in [-0.2, -0.15) is 0 Å². The van der Waals surface area contributed by atoms with E-state index in [0.29, 0.717) is 19.3 Å². The van der Waals surface area contributed by atoms with E-state index in [9.17, 15) is 14.4 Å². The monoisotopic (exact) mass is 949 g/mol. The van der Waals surface area contributed by atoms with Crippen LogP contribution in [0.25, 0.3) is 0 Å². The molecule has 0 N–H and O–H groups in total. The Labute approximate surface area is 421 Å². The van der Waals surface area contributed by atoms with Crippen LogP contribution in [0.15, 0.2) is 72.9 Å². The molecule has 0 radical (unpaired) electrons. The van der Waals surface area contributed by atoms with Crippen LogP contribution in [0.4, 0.5) is 0 Å². The van der Waals surface area contributed by atoms with Gasteiger partial charge in [-0.3, -0.25) is 14.4 Å². The van der Waals surface area contributed by atoms with Crippen molar-refractivity contribution in [3.05, 3.63) is 72.9 Å². The van der Waals surface area contributed by atoms with Gasteiger partial charge in [-0.05, 0) is 89.9 Å². The van der Waals surface area contributed by atoms with E-state index in [1.165, 1.54) is 148 Å². The van der Waals surface area contributed by atoms with Crippen LogP contribution >= 0.6 is 0 Å². The molecule has 392 valence electrons.